The largest absolute Gasteiger partial charge is 0.503 e. The number of aliphatic hydroxyl groups is 1. The predicted molar refractivity (Wildman–Crippen MR) is 116 cm³/mol. The maximum absolute atomic E-state index is 13.4. The molecule has 0 aliphatic carbocycles. The summed E-state index contributed by atoms with van der Waals surface area (Å²) in [4.78, 5) is 34.6. The van der Waals surface area contributed by atoms with E-state index in [0.29, 0.717) is 17.1 Å². The van der Waals surface area contributed by atoms with Gasteiger partial charge in [0.1, 0.15) is 0 Å². The van der Waals surface area contributed by atoms with E-state index in [1.165, 1.54) is 11.3 Å². The Morgan fingerprint density at radius 1 is 1.24 bits per heavy atom. The SMILES string of the molecule is CCCCN1C(=O)C(O)=C(C(=O)c2sc(C)nc2C)C1c1ccc(N(C)C)cc1. The first-order valence-electron chi connectivity index (χ1n) is 9.76. The molecule has 29 heavy (non-hydrogen) atoms. The second kappa shape index (κ2) is 8.37. The molecule has 0 bridgehead atoms. The number of thiazole rings is 1. The molecule has 1 aliphatic rings. The van der Waals surface area contributed by atoms with Crippen LogP contribution in [0.25, 0.3) is 0 Å². The molecule has 0 radical (unpaired) electrons. The van der Waals surface area contributed by atoms with Crippen molar-refractivity contribution in [2.45, 2.75) is 39.7 Å². The highest BCUT2D eigenvalue weighted by Crippen LogP contribution is 2.40. The summed E-state index contributed by atoms with van der Waals surface area (Å²) in [6, 6.07) is 7.15. The fourth-order valence-corrected chi connectivity index (χ4v) is 4.48. The van der Waals surface area contributed by atoms with Crippen LogP contribution in [0.2, 0.25) is 0 Å². The maximum Gasteiger partial charge on any atom is 0.290 e. The van der Waals surface area contributed by atoms with Gasteiger partial charge in [0.15, 0.2) is 5.76 Å². The molecule has 1 aromatic heterocycles. The molecule has 2 aromatic rings. The molecule has 1 aromatic carbocycles. The summed E-state index contributed by atoms with van der Waals surface area (Å²) in [5.41, 5.74) is 2.61. The second-order valence-electron chi connectivity index (χ2n) is 7.48. The minimum absolute atomic E-state index is 0.149. The summed E-state index contributed by atoms with van der Waals surface area (Å²) >= 11 is 1.29. The van der Waals surface area contributed by atoms with E-state index in [2.05, 4.69) is 4.98 Å². The van der Waals surface area contributed by atoms with E-state index < -0.39 is 17.7 Å². The Morgan fingerprint density at radius 2 is 1.90 bits per heavy atom. The Bertz CT molecular complexity index is 960. The summed E-state index contributed by atoms with van der Waals surface area (Å²) in [5.74, 6) is -1.25. The van der Waals surface area contributed by atoms with Gasteiger partial charge in [-0.1, -0.05) is 25.5 Å². The van der Waals surface area contributed by atoms with Gasteiger partial charge in [-0.05, 0) is 38.0 Å². The van der Waals surface area contributed by atoms with Crippen molar-refractivity contribution < 1.29 is 14.7 Å². The zero-order valence-corrected chi connectivity index (χ0v) is 18.3. The fraction of sp³-hybridized carbons (Fsp3) is 0.409. The highest BCUT2D eigenvalue weighted by Gasteiger charge is 2.44. The number of amides is 1. The first-order valence-corrected chi connectivity index (χ1v) is 10.6. The normalized spacial score (nSPS) is 16.7. The van der Waals surface area contributed by atoms with E-state index in [-0.39, 0.29) is 11.4 Å². The molecule has 1 aliphatic heterocycles. The van der Waals surface area contributed by atoms with Gasteiger partial charge in [-0.15, -0.1) is 11.3 Å². The Hall–Kier alpha value is -2.67. The third-order valence-corrected chi connectivity index (χ3v) is 6.21. The lowest BCUT2D eigenvalue weighted by Crippen LogP contribution is -2.32. The molecule has 0 fully saturated rings. The lowest BCUT2D eigenvalue weighted by atomic mass is 9.94. The van der Waals surface area contributed by atoms with Gasteiger partial charge in [-0.2, -0.15) is 0 Å². The van der Waals surface area contributed by atoms with Gasteiger partial charge in [0.05, 0.1) is 27.2 Å². The molecular weight excluding hydrogens is 386 g/mol. The Kier molecular flexibility index (Phi) is 6.07. The number of ketones is 1. The Labute approximate surface area is 175 Å². The zero-order chi connectivity index (χ0) is 21.3. The minimum atomic E-state index is -0.598. The predicted octanol–water partition coefficient (Wildman–Crippen LogP) is 4.20. The van der Waals surface area contributed by atoms with Gasteiger partial charge in [0.25, 0.3) is 5.91 Å². The Balaban J connectivity index is 2.08. The van der Waals surface area contributed by atoms with Crippen LogP contribution in [-0.2, 0) is 4.79 Å². The number of unbranched alkanes of at least 4 members (excludes halogenated alkanes) is 1. The number of rotatable bonds is 7. The minimum Gasteiger partial charge on any atom is -0.503 e. The molecule has 7 heteroatoms. The second-order valence-corrected chi connectivity index (χ2v) is 8.68. The summed E-state index contributed by atoms with van der Waals surface area (Å²) in [5, 5.41) is 11.5. The number of aryl methyl sites for hydroxylation is 2. The number of nitrogens with zero attached hydrogens (tertiary/aromatic N) is 3. The van der Waals surface area contributed by atoms with Crippen LogP contribution in [0.3, 0.4) is 0 Å². The van der Waals surface area contributed by atoms with E-state index >= 15 is 0 Å². The number of hydrogen-bond acceptors (Lipinski definition) is 6. The van der Waals surface area contributed by atoms with Crippen LogP contribution < -0.4 is 4.90 Å². The quantitative estimate of drug-likeness (QED) is 0.689. The summed E-state index contributed by atoms with van der Waals surface area (Å²) < 4.78 is 0. The summed E-state index contributed by atoms with van der Waals surface area (Å²) in [7, 11) is 3.91. The van der Waals surface area contributed by atoms with E-state index in [4.69, 9.17) is 0 Å². The van der Waals surface area contributed by atoms with Gasteiger partial charge >= 0.3 is 0 Å². The average molecular weight is 414 g/mol. The molecule has 1 amide bonds. The average Bonchev–Trinajstić information content (AvgIpc) is 3.16. The Morgan fingerprint density at radius 3 is 2.41 bits per heavy atom. The molecule has 1 unspecified atom stereocenters. The van der Waals surface area contributed by atoms with Crippen LogP contribution in [0.1, 0.15) is 51.7 Å². The van der Waals surface area contributed by atoms with E-state index in [0.717, 1.165) is 29.1 Å². The highest BCUT2D eigenvalue weighted by molar-refractivity contribution is 7.14. The molecule has 1 N–H and O–H groups in total. The smallest absolute Gasteiger partial charge is 0.290 e. The number of aliphatic hydroxyl groups excluding tert-OH is 1. The van der Waals surface area contributed by atoms with Gasteiger partial charge in [0, 0.05) is 26.3 Å². The van der Waals surface area contributed by atoms with Crippen LogP contribution in [0.4, 0.5) is 5.69 Å². The maximum atomic E-state index is 13.4. The first-order chi connectivity index (χ1) is 13.8. The number of benzene rings is 1. The number of hydrogen-bond donors (Lipinski definition) is 1. The zero-order valence-electron chi connectivity index (χ0n) is 17.5. The number of aromatic nitrogens is 1. The van der Waals surface area contributed by atoms with Crippen molar-refractivity contribution in [2.24, 2.45) is 0 Å². The van der Waals surface area contributed by atoms with Gasteiger partial charge in [-0.25, -0.2) is 4.98 Å². The van der Waals surface area contributed by atoms with Crippen LogP contribution >= 0.6 is 11.3 Å². The number of carbonyl (C=O) groups excluding carboxylic acids is 2. The van der Waals surface area contributed by atoms with Crippen molar-refractivity contribution in [3.05, 3.63) is 56.7 Å². The van der Waals surface area contributed by atoms with Crippen molar-refractivity contribution in [1.82, 2.24) is 9.88 Å². The van der Waals surface area contributed by atoms with E-state index in [1.807, 2.05) is 57.1 Å². The molecule has 0 saturated heterocycles. The highest BCUT2D eigenvalue weighted by atomic mass is 32.1. The number of carbonyl (C=O) groups is 2. The molecule has 6 nitrogen and oxygen atoms in total. The van der Waals surface area contributed by atoms with Crippen molar-refractivity contribution in [3.8, 4) is 0 Å². The monoisotopic (exact) mass is 413 g/mol. The van der Waals surface area contributed by atoms with Gasteiger partial charge in [0.2, 0.25) is 5.78 Å². The lowest BCUT2D eigenvalue weighted by Gasteiger charge is -2.27. The number of Topliss-reactive ketones (excluding diaryl/α,β-unsaturated/α-hetero) is 1. The third kappa shape index (κ3) is 3.92. The molecule has 1 atom stereocenters. The fourth-order valence-electron chi connectivity index (χ4n) is 3.61. The molecule has 3 rings (SSSR count). The van der Waals surface area contributed by atoms with E-state index in [1.54, 1.807) is 11.8 Å². The summed E-state index contributed by atoms with van der Waals surface area (Å²) in [6.07, 6.45) is 1.71. The van der Waals surface area contributed by atoms with Gasteiger partial charge in [-0.3, -0.25) is 9.59 Å². The third-order valence-electron chi connectivity index (χ3n) is 5.14. The lowest BCUT2D eigenvalue weighted by molar-refractivity contribution is -0.129. The van der Waals surface area contributed by atoms with Crippen LogP contribution in [-0.4, -0.2) is 47.3 Å². The topological polar surface area (TPSA) is 73.7 Å². The van der Waals surface area contributed by atoms with Crippen molar-refractivity contribution in [3.63, 3.8) is 0 Å². The molecular formula is C22H27N3O3S. The van der Waals surface area contributed by atoms with Gasteiger partial charge < -0.3 is 14.9 Å². The van der Waals surface area contributed by atoms with E-state index in [9.17, 15) is 14.7 Å². The molecule has 0 spiro atoms. The standard InChI is InChI=1S/C22H27N3O3S/c1-6-7-12-25-18(15-8-10-16(11-9-15)24(4)5)17(20(27)22(25)28)19(26)21-13(2)23-14(3)29-21/h8-11,18,27H,6-7,12H2,1-5H3. The van der Waals surface area contributed by atoms with Crippen LogP contribution in [0.15, 0.2) is 35.6 Å². The molecule has 154 valence electrons. The van der Waals surface area contributed by atoms with Crippen LogP contribution in [0, 0.1) is 13.8 Å². The molecule has 0 saturated carbocycles. The van der Waals surface area contributed by atoms with Crippen molar-refractivity contribution in [2.75, 3.05) is 25.5 Å². The number of anilines is 1. The summed E-state index contributed by atoms with van der Waals surface area (Å²) in [6.45, 7) is 6.15. The van der Waals surface area contributed by atoms with Crippen molar-refractivity contribution >= 4 is 28.7 Å². The van der Waals surface area contributed by atoms with Crippen molar-refractivity contribution in [1.29, 1.82) is 0 Å². The first kappa shape index (κ1) is 21.0. The molecule has 2 heterocycles. The van der Waals surface area contributed by atoms with Crippen LogP contribution in [0.5, 0.6) is 0 Å².